The van der Waals surface area contributed by atoms with Gasteiger partial charge in [0.25, 0.3) is 0 Å². The van der Waals surface area contributed by atoms with Crippen molar-refractivity contribution in [3.63, 3.8) is 0 Å². The van der Waals surface area contributed by atoms with Gasteiger partial charge in [0.05, 0.1) is 12.3 Å². The third kappa shape index (κ3) is 2.73. The third-order valence-corrected chi connectivity index (χ3v) is 2.22. The summed E-state index contributed by atoms with van der Waals surface area (Å²) in [5.41, 5.74) is 7.23. The minimum Gasteiger partial charge on any atom is -0.489 e. The quantitative estimate of drug-likeness (QED) is 0.613. The standard InChI is InChI=1S/C11H14N4O2/c1-16-4-5-17-11-3-2-9(12)6-10(11)15-7-13-14-8-15/h2-3,6-8H,4-5,12H2,1H3. The monoisotopic (exact) mass is 234 g/mol. The predicted molar refractivity (Wildman–Crippen MR) is 63.1 cm³/mol. The fourth-order valence-electron chi connectivity index (χ4n) is 1.42. The molecule has 0 atom stereocenters. The van der Waals surface area contributed by atoms with Gasteiger partial charge in [-0.15, -0.1) is 10.2 Å². The molecule has 2 N–H and O–H groups in total. The van der Waals surface area contributed by atoms with E-state index >= 15 is 0 Å². The Bertz CT molecular complexity index is 470. The van der Waals surface area contributed by atoms with E-state index in [1.807, 2.05) is 12.1 Å². The van der Waals surface area contributed by atoms with Crippen molar-refractivity contribution in [2.24, 2.45) is 0 Å². The van der Waals surface area contributed by atoms with Crippen LogP contribution in [0.2, 0.25) is 0 Å². The van der Waals surface area contributed by atoms with E-state index < -0.39 is 0 Å². The molecule has 1 aromatic carbocycles. The van der Waals surface area contributed by atoms with E-state index in [1.54, 1.807) is 30.4 Å². The molecule has 6 heteroatoms. The lowest BCUT2D eigenvalue weighted by Crippen LogP contribution is -2.07. The molecule has 1 heterocycles. The second kappa shape index (κ2) is 5.31. The van der Waals surface area contributed by atoms with Crippen LogP contribution in [0.25, 0.3) is 5.69 Å². The van der Waals surface area contributed by atoms with Gasteiger partial charge in [0.15, 0.2) is 0 Å². The second-order valence-electron chi connectivity index (χ2n) is 3.44. The van der Waals surface area contributed by atoms with Gasteiger partial charge in [0.1, 0.15) is 25.0 Å². The highest BCUT2D eigenvalue weighted by atomic mass is 16.5. The van der Waals surface area contributed by atoms with E-state index in [1.165, 1.54) is 0 Å². The maximum atomic E-state index is 5.75. The van der Waals surface area contributed by atoms with Gasteiger partial charge >= 0.3 is 0 Å². The third-order valence-electron chi connectivity index (χ3n) is 2.22. The molecule has 1 aromatic heterocycles. The topological polar surface area (TPSA) is 75.2 Å². The number of ether oxygens (including phenoxy) is 2. The van der Waals surface area contributed by atoms with Crippen LogP contribution in [0, 0.1) is 0 Å². The van der Waals surface area contributed by atoms with Crippen LogP contribution in [-0.4, -0.2) is 35.1 Å². The maximum absolute atomic E-state index is 5.75. The van der Waals surface area contributed by atoms with E-state index in [0.717, 1.165) is 11.4 Å². The number of hydrogen-bond donors (Lipinski definition) is 1. The Balaban J connectivity index is 2.25. The first kappa shape index (κ1) is 11.4. The number of rotatable bonds is 5. The zero-order valence-corrected chi connectivity index (χ0v) is 9.54. The highest BCUT2D eigenvalue weighted by Gasteiger charge is 2.06. The Labute approximate surface area is 99.0 Å². The molecule has 0 unspecified atom stereocenters. The van der Waals surface area contributed by atoms with Gasteiger partial charge in [0, 0.05) is 12.8 Å². The Hall–Kier alpha value is -2.08. The predicted octanol–water partition coefficient (Wildman–Crippen LogP) is 0.875. The van der Waals surface area contributed by atoms with Crippen LogP contribution >= 0.6 is 0 Å². The van der Waals surface area contributed by atoms with Crippen molar-refractivity contribution in [3.05, 3.63) is 30.9 Å². The number of benzene rings is 1. The van der Waals surface area contributed by atoms with Crippen LogP contribution in [-0.2, 0) is 4.74 Å². The van der Waals surface area contributed by atoms with Crippen LogP contribution in [0.5, 0.6) is 5.75 Å². The first-order chi connectivity index (χ1) is 8.31. The lowest BCUT2D eigenvalue weighted by Gasteiger charge is -2.11. The number of methoxy groups -OCH3 is 1. The van der Waals surface area contributed by atoms with Gasteiger partial charge in [-0.2, -0.15) is 0 Å². The molecule has 17 heavy (non-hydrogen) atoms. The second-order valence-corrected chi connectivity index (χ2v) is 3.44. The van der Waals surface area contributed by atoms with Gasteiger partial charge in [-0.05, 0) is 18.2 Å². The fourth-order valence-corrected chi connectivity index (χ4v) is 1.42. The molecule has 6 nitrogen and oxygen atoms in total. The zero-order chi connectivity index (χ0) is 12.1. The maximum Gasteiger partial charge on any atom is 0.143 e. The molecule has 2 aromatic rings. The van der Waals surface area contributed by atoms with Gasteiger partial charge < -0.3 is 15.2 Å². The lowest BCUT2D eigenvalue weighted by molar-refractivity contribution is 0.146. The number of nitrogens with two attached hydrogens (primary N) is 1. The Morgan fingerprint density at radius 1 is 1.24 bits per heavy atom. The van der Waals surface area contributed by atoms with Crippen LogP contribution in [0.3, 0.4) is 0 Å². The van der Waals surface area contributed by atoms with Crippen LogP contribution in [0.15, 0.2) is 30.9 Å². The molecule has 90 valence electrons. The molecule has 0 aliphatic carbocycles. The average molecular weight is 234 g/mol. The van der Waals surface area contributed by atoms with E-state index in [9.17, 15) is 0 Å². The smallest absolute Gasteiger partial charge is 0.143 e. The zero-order valence-electron chi connectivity index (χ0n) is 9.54. The van der Waals surface area contributed by atoms with Crippen LogP contribution in [0.1, 0.15) is 0 Å². The van der Waals surface area contributed by atoms with E-state index in [2.05, 4.69) is 10.2 Å². The fraction of sp³-hybridized carbons (Fsp3) is 0.273. The molecule has 0 aliphatic rings. The van der Waals surface area contributed by atoms with E-state index in [-0.39, 0.29) is 0 Å². The summed E-state index contributed by atoms with van der Waals surface area (Å²) in [5, 5.41) is 7.52. The molecule has 0 amide bonds. The minimum atomic E-state index is 0.482. The molecule has 0 radical (unpaired) electrons. The van der Waals surface area contributed by atoms with Gasteiger partial charge in [-0.3, -0.25) is 4.57 Å². The minimum absolute atomic E-state index is 0.482. The number of anilines is 1. The molecule has 0 saturated heterocycles. The van der Waals surface area contributed by atoms with Gasteiger partial charge in [-0.1, -0.05) is 0 Å². The molecule has 0 fully saturated rings. The van der Waals surface area contributed by atoms with Gasteiger partial charge in [0.2, 0.25) is 0 Å². The number of nitrogens with zero attached hydrogens (tertiary/aromatic N) is 3. The molecular formula is C11H14N4O2. The molecule has 0 bridgehead atoms. The lowest BCUT2D eigenvalue weighted by atomic mass is 10.2. The first-order valence-corrected chi connectivity index (χ1v) is 5.17. The summed E-state index contributed by atoms with van der Waals surface area (Å²) in [5.74, 6) is 0.719. The summed E-state index contributed by atoms with van der Waals surface area (Å²) < 4.78 is 12.3. The first-order valence-electron chi connectivity index (χ1n) is 5.17. The largest absolute Gasteiger partial charge is 0.489 e. The van der Waals surface area contributed by atoms with Crippen molar-refractivity contribution in [2.45, 2.75) is 0 Å². The van der Waals surface area contributed by atoms with Crippen molar-refractivity contribution < 1.29 is 9.47 Å². The normalized spacial score (nSPS) is 10.4. The number of hydrogen-bond acceptors (Lipinski definition) is 5. The van der Waals surface area contributed by atoms with E-state index in [0.29, 0.717) is 18.9 Å². The Morgan fingerprint density at radius 2 is 2.00 bits per heavy atom. The average Bonchev–Trinajstić information content (AvgIpc) is 2.85. The van der Waals surface area contributed by atoms with Crippen LogP contribution in [0.4, 0.5) is 5.69 Å². The molecular weight excluding hydrogens is 220 g/mol. The van der Waals surface area contributed by atoms with E-state index in [4.69, 9.17) is 15.2 Å². The summed E-state index contributed by atoms with van der Waals surface area (Å²) in [4.78, 5) is 0. The van der Waals surface area contributed by atoms with Crippen molar-refractivity contribution in [1.29, 1.82) is 0 Å². The summed E-state index contributed by atoms with van der Waals surface area (Å²) in [7, 11) is 1.63. The summed E-state index contributed by atoms with van der Waals surface area (Å²) in [6.07, 6.45) is 3.19. The van der Waals surface area contributed by atoms with Gasteiger partial charge in [-0.25, -0.2) is 0 Å². The molecule has 2 rings (SSSR count). The Kier molecular flexibility index (Phi) is 3.56. The molecule has 0 spiro atoms. The summed E-state index contributed by atoms with van der Waals surface area (Å²) in [6, 6.07) is 5.42. The summed E-state index contributed by atoms with van der Waals surface area (Å²) in [6.45, 7) is 1.02. The summed E-state index contributed by atoms with van der Waals surface area (Å²) >= 11 is 0. The number of nitrogen functional groups attached to an aromatic ring is 1. The van der Waals surface area contributed by atoms with Crippen molar-refractivity contribution >= 4 is 5.69 Å². The van der Waals surface area contributed by atoms with Crippen LogP contribution < -0.4 is 10.5 Å². The van der Waals surface area contributed by atoms with Crippen molar-refractivity contribution in [1.82, 2.24) is 14.8 Å². The van der Waals surface area contributed by atoms with Crippen molar-refractivity contribution in [3.8, 4) is 11.4 Å². The molecule has 0 aliphatic heterocycles. The highest BCUT2D eigenvalue weighted by molar-refractivity contribution is 5.56. The number of aromatic nitrogens is 3. The SMILES string of the molecule is COCCOc1ccc(N)cc1-n1cnnc1. The Morgan fingerprint density at radius 3 is 2.71 bits per heavy atom. The highest BCUT2D eigenvalue weighted by Crippen LogP contribution is 2.24. The van der Waals surface area contributed by atoms with Crippen molar-refractivity contribution in [2.75, 3.05) is 26.1 Å². The molecule has 0 saturated carbocycles.